The van der Waals surface area contributed by atoms with Gasteiger partial charge in [0.05, 0.1) is 24.1 Å². The molecule has 0 aliphatic carbocycles. The minimum atomic E-state index is -0.206. The number of benzene rings is 2. The van der Waals surface area contributed by atoms with E-state index in [1.54, 1.807) is 17.1 Å². The Balaban J connectivity index is 1.70. The Morgan fingerprint density at radius 3 is 2.54 bits per heavy atom. The van der Waals surface area contributed by atoms with Gasteiger partial charge in [0, 0.05) is 16.4 Å². The summed E-state index contributed by atoms with van der Waals surface area (Å²) in [5.41, 5.74) is 2.09. The van der Waals surface area contributed by atoms with Gasteiger partial charge in [-0.05, 0) is 55.5 Å². The van der Waals surface area contributed by atoms with Crippen LogP contribution in [0.2, 0.25) is 0 Å². The molecule has 0 aliphatic rings. The summed E-state index contributed by atoms with van der Waals surface area (Å²) in [4.78, 5) is 12.3. The summed E-state index contributed by atoms with van der Waals surface area (Å²) in [7, 11) is 0. The van der Waals surface area contributed by atoms with Gasteiger partial charge in [-0.3, -0.25) is 4.79 Å². The van der Waals surface area contributed by atoms with Crippen molar-refractivity contribution >= 4 is 27.5 Å². The second-order valence-electron chi connectivity index (χ2n) is 5.06. The van der Waals surface area contributed by atoms with Crippen molar-refractivity contribution in [1.29, 1.82) is 0 Å². The second kappa shape index (κ2) is 7.31. The van der Waals surface area contributed by atoms with Gasteiger partial charge in [0.2, 0.25) is 0 Å². The zero-order valence-electron chi connectivity index (χ0n) is 13.1. The van der Waals surface area contributed by atoms with Crippen LogP contribution in [0.4, 0.5) is 5.69 Å². The summed E-state index contributed by atoms with van der Waals surface area (Å²) < 4.78 is 8.04. The molecule has 5 nitrogen and oxygen atoms in total. The summed E-state index contributed by atoms with van der Waals surface area (Å²) in [6.07, 6.45) is 3.25. The van der Waals surface area contributed by atoms with E-state index >= 15 is 0 Å². The lowest BCUT2D eigenvalue weighted by Gasteiger charge is -2.06. The van der Waals surface area contributed by atoms with Crippen LogP contribution in [0.3, 0.4) is 0 Å². The SMILES string of the molecule is CCOc1ccc(NC(=O)c2cnn(-c3ccc(Br)cc3)c2)cc1. The molecule has 0 fully saturated rings. The van der Waals surface area contributed by atoms with E-state index in [2.05, 4.69) is 26.3 Å². The lowest BCUT2D eigenvalue weighted by molar-refractivity contribution is 0.102. The zero-order chi connectivity index (χ0) is 16.9. The first-order valence-electron chi connectivity index (χ1n) is 7.50. The number of carbonyl (C=O) groups excluding carboxylic acids is 1. The van der Waals surface area contributed by atoms with Crippen molar-refractivity contribution in [3.63, 3.8) is 0 Å². The molecule has 0 aliphatic heterocycles. The fourth-order valence-corrected chi connectivity index (χ4v) is 2.44. The molecule has 1 aromatic heterocycles. The average Bonchev–Trinajstić information content (AvgIpc) is 3.08. The number of anilines is 1. The van der Waals surface area contributed by atoms with E-state index in [9.17, 15) is 4.79 Å². The monoisotopic (exact) mass is 385 g/mol. The summed E-state index contributed by atoms with van der Waals surface area (Å²) >= 11 is 3.40. The van der Waals surface area contributed by atoms with E-state index in [-0.39, 0.29) is 5.91 Å². The standard InChI is InChI=1S/C18H16BrN3O2/c1-2-24-17-9-5-15(6-10-17)21-18(23)13-11-20-22(12-13)16-7-3-14(19)4-8-16/h3-12H,2H2,1H3,(H,21,23). The third-order valence-electron chi connectivity index (χ3n) is 3.36. The molecule has 1 amide bonds. The smallest absolute Gasteiger partial charge is 0.258 e. The van der Waals surface area contributed by atoms with Crippen molar-refractivity contribution in [3.05, 3.63) is 71.0 Å². The Morgan fingerprint density at radius 1 is 1.17 bits per heavy atom. The number of hydrogen-bond donors (Lipinski definition) is 1. The van der Waals surface area contributed by atoms with Crippen LogP contribution >= 0.6 is 15.9 Å². The van der Waals surface area contributed by atoms with Crippen molar-refractivity contribution in [2.45, 2.75) is 6.92 Å². The fraction of sp³-hybridized carbons (Fsp3) is 0.111. The van der Waals surface area contributed by atoms with Gasteiger partial charge >= 0.3 is 0 Å². The highest BCUT2D eigenvalue weighted by Crippen LogP contribution is 2.17. The Bertz CT molecular complexity index is 826. The van der Waals surface area contributed by atoms with Crippen LogP contribution in [-0.4, -0.2) is 22.3 Å². The molecule has 0 bridgehead atoms. The van der Waals surface area contributed by atoms with Gasteiger partial charge in [-0.15, -0.1) is 0 Å². The first-order valence-corrected chi connectivity index (χ1v) is 8.30. The third-order valence-corrected chi connectivity index (χ3v) is 3.89. The van der Waals surface area contributed by atoms with E-state index in [1.807, 2.05) is 55.5 Å². The van der Waals surface area contributed by atoms with Crippen LogP contribution in [0.5, 0.6) is 5.75 Å². The summed E-state index contributed by atoms with van der Waals surface area (Å²) in [6, 6.07) is 15.0. The summed E-state index contributed by atoms with van der Waals surface area (Å²) in [5.74, 6) is 0.570. The normalized spacial score (nSPS) is 10.4. The van der Waals surface area contributed by atoms with Crippen LogP contribution < -0.4 is 10.1 Å². The molecule has 24 heavy (non-hydrogen) atoms. The maximum atomic E-state index is 12.3. The number of ether oxygens (including phenoxy) is 1. The largest absolute Gasteiger partial charge is 0.494 e. The average molecular weight is 386 g/mol. The molecular weight excluding hydrogens is 370 g/mol. The highest BCUT2D eigenvalue weighted by atomic mass is 79.9. The Labute approximate surface area is 148 Å². The molecule has 0 saturated carbocycles. The minimum Gasteiger partial charge on any atom is -0.494 e. The molecule has 6 heteroatoms. The second-order valence-corrected chi connectivity index (χ2v) is 5.98. The lowest BCUT2D eigenvalue weighted by Crippen LogP contribution is -2.11. The molecule has 3 aromatic rings. The van der Waals surface area contributed by atoms with Gasteiger partial charge < -0.3 is 10.1 Å². The van der Waals surface area contributed by atoms with Crippen molar-refractivity contribution < 1.29 is 9.53 Å². The fourth-order valence-electron chi connectivity index (χ4n) is 2.18. The first-order chi connectivity index (χ1) is 11.7. The van der Waals surface area contributed by atoms with Crippen LogP contribution in [0.15, 0.2) is 65.4 Å². The number of nitrogens with one attached hydrogen (secondary N) is 1. The number of aromatic nitrogens is 2. The first kappa shape index (κ1) is 16.3. The van der Waals surface area contributed by atoms with E-state index in [0.717, 1.165) is 15.9 Å². The number of carbonyl (C=O) groups is 1. The molecule has 0 radical (unpaired) electrons. The number of rotatable bonds is 5. The van der Waals surface area contributed by atoms with Crippen LogP contribution in [0, 0.1) is 0 Å². The van der Waals surface area contributed by atoms with Crippen molar-refractivity contribution in [2.24, 2.45) is 0 Å². The Hall–Kier alpha value is -2.60. The Morgan fingerprint density at radius 2 is 1.88 bits per heavy atom. The van der Waals surface area contributed by atoms with E-state index in [0.29, 0.717) is 17.9 Å². The predicted octanol–water partition coefficient (Wildman–Crippen LogP) is 4.29. The van der Waals surface area contributed by atoms with E-state index in [1.165, 1.54) is 0 Å². The van der Waals surface area contributed by atoms with Crippen LogP contribution in [0.1, 0.15) is 17.3 Å². The molecule has 3 rings (SSSR count). The molecule has 2 aromatic carbocycles. The number of amides is 1. The zero-order valence-corrected chi connectivity index (χ0v) is 14.7. The number of halogens is 1. The summed E-state index contributed by atoms with van der Waals surface area (Å²) in [6.45, 7) is 2.54. The van der Waals surface area contributed by atoms with Gasteiger partial charge in [0.1, 0.15) is 5.75 Å². The number of hydrogen-bond acceptors (Lipinski definition) is 3. The van der Waals surface area contributed by atoms with Crippen LogP contribution in [-0.2, 0) is 0 Å². The quantitative estimate of drug-likeness (QED) is 0.712. The van der Waals surface area contributed by atoms with Gasteiger partial charge in [0.15, 0.2) is 0 Å². The molecular formula is C18H16BrN3O2. The molecule has 0 spiro atoms. The molecule has 1 heterocycles. The molecule has 0 atom stereocenters. The highest BCUT2D eigenvalue weighted by Gasteiger charge is 2.10. The topological polar surface area (TPSA) is 56.1 Å². The molecule has 1 N–H and O–H groups in total. The predicted molar refractivity (Wildman–Crippen MR) is 96.8 cm³/mol. The van der Waals surface area contributed by atoms with Crippen molar-refractivity contribution in [1.82, 2.24) is 9.78 Å². The number of nitrogens with zero attached hydrogens (tertiary/aromatic N) is 2. The van der Waals surface area contributed by atoms with Gasteiger partial charge in [0.25, 0.3) is 5.91 Å². The highest BCUT2D eigenvalue weighted by molar-refractivity contribution is 9.10. The van der Waals surface area contributed by atoms with E-state index in [4.69, 9.17) is 4.74 Å². The van der Waals surface area contributed by atoms with Crippen molar-refractivity contribution in [2.75, 3.05) is 11.9 Å². The summed E-state index contributed by atoms with van der Waals surface area (Å²) in [5, 5.41) is 7.08. The van der Waals surface area contributed by atoms with Gasteiger partial charge in [-0.25, -0.2) is 4.68 Å². The van der Waals surface area contributed by atoms with Crippen LogP contribution in [0.25, 0.3) is 5.69 Å². The lowest BCUT2D eigenvalue weighted by atomic mass is 10.2. The van der Waals surface area contributed by atoms with Gasteiger partial charge in [-0.2, -0.15) is 5.10 Å². The maximum absolute atomic E-state index is 12.3. The van der Waals surface area contributed by atoms with Crippen molar-refractivity contribution in [3.8, 4) is 11.4 Å². The third kappa shape index (κ3) is 3.83. The minimum absolute atomic E-state index is 0.206. The molecule has 0 unspecified atom stereocenters. The Kier molecular flexibility index (Phi) is 4.96. The maximum Gasteiger partial charge on any atom is 0.258 e. The van der Waals surface area contributed by atoms with Gasteiger partial charge in [-0.1, -0.05) is 15.9 Å². The molecule has 0 saturated heterocycles. The molecule has 122 valence electrons. The van der Waals surface area contributed by atoms with E-state index < -0.39 is 0 Å².